The van der Waals surface area contributed by atoms with Crippen LogP contribution in [0.25, 0.3) is 0 Å². The van der Waals surface area contributed by atoms with Gasteiger partial charge in [0.15, 0.2) is 6.61 Å². The van der Waals surface area contributed by atoms with Gasteiger partial charge in [-0.15, -0.1) is 0 Å². The summed E-state index contributed by atoms with van der Waals surface area (Å²) in [5.74, 6) is -0.440. The van der Waals surface area contributed by atoms with Crippen LogP contribution in [0.5, 0.6) is 5.75 Å². The molecular formula is C15H11BrClFN2O2. The molecule has 2 aromatic carbocycles. The molecule has 0 bridgehead atoms. The van der Waals surface area contributed by atoms with E-state index in [0.717, 1.165) is 10.7 Å². The second kappa shape index (κ2) is 7.91. The van der Waals surface area contributed by atoms with Gasteiger partial charge in [0.05, 0.1) is 11.2 Å². The van der Waals surface area contributed by atoms with Crippen molar-refractivity contribution in [3.63, 3.8) is 0 Å². The third kappa shape index (κ3) is 4.82. The Hall–Kier alpha value is -1.92. The summed E-state index contributed by atoms with van der Waals surface area (Å²) >= 11 is 9.13. The molecule has 0 atom stereocenters. The highest BCUT2D eigenvalue weighted by Crippen LogP contribution is 2.18. The molecule has 0 aliphatic carbocycles. The topological polar surface area (TPSA) is 50.7 Å². The lowest BCUT2D eigenvalue weighted by Gasteiger charge is -2.05. The highest BCUT2D eigenvalue weighted by atomic mass is 79.9. The van der Waals surface area contributed by atoms with Crippen LogP contribution in [0, 0.1) is 5.82 Å². The number of hydrazone groups is 1. The van der Waals surface area contributed by atoms with Crippen molar-refractivity contribution in [3.05, 3.63) is 63.3 Å². The molecule has 0 aliphatic rings. The van der Waals surface area contributed by atoms with Gasteiger partial charge in [-0.1, -0.05) is 39.7 Å². The van der Waals surface area contributed by atoms with E-state index in [1.807, 2.05) is 6.07 Å². The molecule has 1 amide bonds. The van der Waals surface area contributed by atoms with Crippen molar-refractivity contribution in [2.45, 2.75) is 0 Å². The number of hydrogen-bond donors (Lipinski definition) is 1. The van der Waals surface area contributed by atoms with Crippen molar-refractivity contribution in [1.29, 1.82) is 0 Å². The van der Waals surface area contributed by atoms with Crippen LogP contribution < -0.4 is 10.2 Å². The van der Waals surface area contributed by atoms with Gasteiger partial charge < -0.3 is 4.74 Å². The van der Waals surface area contributed by atoms with Gasteiger partial charge >= 0.3 is 0 Å². The fourth-order valence-electron chi connectivity index (χ4n) is 1.54. The number of benzene rings is 2. The third-order valence-corrected chi connectivity index (χ3v) is 3.37. The minimum atomic E-state index is -0.518. The van der Waals surface area contributed by atoms with E-state index in [9.17, 15) is 9.18 Å². The molecule has 1 N–H and O–H groups in total. The summed E-state index contributed by atoms with van der Waals surface area (Å²) in [6.07, 6.45) is 1.15. The third-order valence-electron chi connectivity index (χ3n) is 2.55. The van der Waals surface area contributed by atoms with Crippen molar-refractivity contribution < 1.29 is 13.9 Å². The van der Waals surface area contributed by atoms with Crippen molar-refractivity contribution >= 4 is 39.7 Å². The molecule has 0 unspecified atom stereocenters. The first-order chi connectivity index (χ1) is 10.6. The average molecular weight is 386 g/mol. The Morgan fingerprint density at radius 3 is 2.86 bits per heavy atom. The van der Waals surface area contributed by atoms with E-state index in [-0.39, 0.29) is 17.2 Å². The van der Waals surface area contributed by atoms with Gasteiger partial charge in [-0.2, -0.15) is 5.10 Å². The standard InChI is InChI=1S/C15H11BrClFN2O2/c16-10-3-1-4-11(7-10)22-9-15(21)20-19-8-12-13(17)5-2-6-14(12)18/h1-8H,9H2,(H,20,21)/b19-8+. The highest BCUT2D eigenvalue weighted by Gasteiger charge is 2.05. The number of nitrogens with zero attached hydrogens (tertiary/aromatic N) is 1. The van der Waals surface area contributed by atoms with E-state index in [4.69, 9.17) is 16.3 Å². The molecule has 2 rings (SSSR count). The predicted molar refractivity (Wildman–Crippen MR) is 86.8 cm³/mol. The van der Waals surface area contributed by atoms with Crippen LogP contribution in [0.3, 0.4) is 0 Å². The number of nitrogens with one attached hydrogen (secondary N) is 1. The predicted octanol–water partition coefficient (Wildman–Crippen LogP) is 3.77. The summed E-state index contributed by atoms with van der Waals surface area (Å²) in [6, 6.07) is 11.4. The maximum absolute atomic E-state index is 13.5. The van der Waals surface area contributed by atoms with Crippen molar-refractivity contribution in [3.8, 4) is 5.75 Å². The van der Waals surface area contributed by atoms with E-state index in [0.29, 0.717) is 5.75 Å². The molecule has 0 heterocycles. The van der Waals surface area contributed by atoms with E-state index in [2.05, 4.69) is 26.5 Å². The Morgan fingerprint density at radius 1 is 1.36 bits per heavy atom. The zero-order valence-electron chi connectivity index (χ0n) is 11.2. The summed E-state index contributed by atoms with van der Waals surface area (Å²) in [7, 11) is 0. The van der Waals surface area contributed by atoms with Crippen LogP contribution in [-0.4, -0.2) is 18.7 Å². The minimum absolute atomic E-state index is 0.109. The number of rotatable bonds is 5. The van der Waals surface area contributed by atoms with Crippen LogP contribution >= 0.6 is 27.5 Å². The van der Waals surface area contributed by atoms with E-state index < -0.39 is 11.7 Å². The Kier molecular flexibility index (Phi) is 5.91. The molecule has 0 fully saturated rings. The van der Waals surface area contributed by atoms with Gasteiger partial charge in [-0.05, 0) is 30.3 Å². The summed E-state index contributed by atoms with van der Waals surface area (Å²) in [6.45, 7) is -0.210. The molecule has 2 aromatic rings. The minimum Gasteiger partial charge on any atom is -0.484 e. The number of hydrogen-bond acceptors (Lipinski definition) is 3. The zero-order chi connectivity index (χ0) is 15.9. The molecular weight excluding hydrogens is 375 g/mol. The quantitative estimate of drug-likeness (QED) is 0.629. The first-order valence-corrected chi connectivity index (χ1v) is 7.37. The second-order valence-electron chi connectivity index (χ2n) is 4.17. The van der Waals surface area contributed by atoms with Gasteiger partial charge in [-0.25, -0.2) is 9.82 Å². The SMILES string of the molecule is O=C(COc1cccc(Br)c1)N/N=C/c1c(F)cccc1Cl. The Balaban J connectivity index is 1.86. The summed E-state index contributed by atoms with van der Waals surface area (Å²) < 4.78 is 19.6. The van der Waals surface area contributed by atoms with Crippen molar-refractivity contribution in [1.82, 2.24) is 5.43 Å². The Morgan fingerprint density at radius 2 is 2.14 bits per heavy atom. The van der Waals surface area contributed by atoms with Crippen LogP contribution in [0.2, 0.25) is 5.02 Å². The lowest BCUT2D eigenvalue weighted by atomic mass is 10.2. The summed E-state index contributed by atoms with van der Waals surface area (Å²) in [5.41, 5.74) is 2.35. The molecule has 0 aliphatic heterocycles. The molecule has 7 heteroatoms. The zero-order valence-corrected chi connectivity index (χ0v) is 13.6. The van der Waals surface area contributed by atoms with Crippen LogP contribution in [-0.2, 0) is 4.79 Å². The maximum atomic E-state index is 13.5. The lowest BCUT2D eigenvalue weighted by Crippen LogP contribution is -2.24. The summed E-state index contributed by atoms with van der Waals surface area (Å²) in [5, 5.41) is 3.87. The molecule has 4 nitrogen and oxygen atoms in total. The molecule has 0 saturated heterocycles. The monoisotopic (exact) mass is 384 g/mol. The van der Waals surface area contributed by atoms with Gasteiger partial charge in [-0.3, -0.25) is 4.79 Å². The van der Waals surface area contributed by atoms with E-state index in [1.54, 1.807) is 18.2 Å². The Labute approximate surface area is 140 Å². The second-order valence-corrected chi connectivity index (χ2v) is 5.50. The summed E-state index contributed by atoms with van der Waals surface area (Å²) in [4.78, 5) is 11.6. The van der Waals surface area contributed by atoms with Crippen LogP contribution in [0.15, 0.2) is 52.0 Å². The molecule has 0 aromatic heterocycles. The van der Waals surface area contributed by atoms with E-state index >= 15 is 0 Å². The molecule has 0 saturated carbocycles. The van der Waals surface area contributed by atoms with Gasteiger partial charge in [0.2, 0.25) is 0 Å². The smallest absolute Gasteiger partial charge is 0.277 e. The number of amides is 1. The number of carbonyl (C=O) groups is 1. The van der Waals surface area contributed by atoms with Crippen LogP contribution in [0.1, 0.15) is 5.56 Å². The first kappa shape index (κ1) is 16.5. The fourth-order valence-corrected chi connectivity index (χ4v) is 2.13. The molecule has 22 heavy (non-hydrogen) atoms. The van der Waals surface area contributed by atoms with Gasteiger partial charge in [0.25, 0.3) is 5.91 Å². The van der Waals surface area contributed by atoms with Crippen molar-refractivity contribution in [2.75, 3.05) is 6.61 Å². The molecule has 0 spiro atoms. The molecule has 0 radical (unpaired) electrons. The first-order valence-electron chi connectivity index (χ1n) is 6.20. The van der Waals surface area contributed by atoms with Crippen LogP contribution in [0.4, 0.5) is 4.39 Å². The normalized spacial score (nSPS) is 10.7. The van der Waals surface area contributed by atoms with E-state index in [1.165, 1.54) is 18.2 Å². The largest absolute Gasteiger partial charge is 0.484 e. The fraction of sp³-hybridized carbons (Fsp3) is 0.0667. The average Bonchev–Trinajstić information content (AvgIpc) is 2.48. The maximum Gasteiger partial charge on any atom is 0.277 e. The number of carbonyl (C=O) groups excluding carboxylic acids is 1. The van der Waals surface area contributed by atoms with Gasteiger partial charge in [0, 0.05) is 10.0 Å². The lowest BCUT2D eigenvalue weighted by molar-refractivity contribution is -0.123. The van der Waals surface area contributed by atoms with Gasteiger partial charge in [0.1, 0.15) is 11.6 Å². The van der Waals surface area contributed by atoms with Crippen molar-refractivity contribution in [2.24, 2.45) is 5.10 Å². The number of ether oxygens (including phenoxy) is 1. The number of halogens is 3. The highest BCUT2D eigenvalue weighted by molar-refractivity contribution is 9.10. The Bertz CT molecular complexity index is 689. The molecule has 114 valence electrons.